The molecule has 0 aliphatic heterocycles. The van der Waals surface area contributed by atoms with Gasteiger partial charge in [0.15, 0.2) is 6.10 Å². The second kappa shape index (κ2) is 4.88. The summed E-state index contributed by atoms with van der Waals surface area (Å²) in [7, 11) is 0. The van der Waals surface area contributed by atoms with E-state index in [9.17, 15) is 13.2 Å². The van der Waals surface area contributed by atoms with E-state index in [0.29, 0.717) is 16.6 Å². The lowest BCUT2D eigenvalue weighted by Crippen LogP contribution is -2.35. The Morgan fingerprint density at radius 3 is 2.74 bits per heavy atom. The summed E-state index contributed by atoms with van der Waals surface area (Å²) in [5.41, 5.74) is 6.59. The van der Waals surface area contributed by atoms with Crippen LogP contribution in [0.25, 0.3) is 10.9 Å². The van der Waals surface area contributed by atoms with E-state index >= 15 is 0 Å². The number of anilines is 2. The van der Waals surface area contributed by atoms with Crippen LogP contribution in [0.4, 0.5) is 24.7 Å². The first-order valence-electron chi connectivity index (χ1n) is 5.37. The zero-order valence-corrected chi connectivity index (χ0v) is 9.65. The molecule has 19 heavy (non-hydrogen) atoms. The number of hydrogen-bond donors (Lipinski definition) is 3. The summed E-state index contributed by atoms with van der Waals surface area (Å²) in [5, 5.41) is 11.9. The maximum atomic E-state index is 12.2. The monoisotopic (exact) mass is 272 g/mol. The molecular weight excluding hydrogens is 261 g/mol. The predicted octanol–water partition coefficient (Wildman–Crippen LogP) is 1.55. The number of alkyl halides is 3. The molecule has 1 aromatic heterocycles. The number of nitrogens with zero attached hydrogens (tertiary/aromatic N) is 2. The van der Waals surface area contributed by atoms with Crippen molar-refractivity contribution in [3.63, 3.8) is 0 Å². The summed E-state index contributed by atoms with van der Waals surface area (Å²) >= 11 is 0. The van der Waals surface area contributed by atoms with Crippen LogP contribution >= 0.6 is 0 Å². The number of hydrogen-bond acceptors (Lipinski definition) is 5. The zero-order valence-electron chi connectivity index (χ0n) is 9.65. The van der Waals surface area contributed by atoms with Gasteiger partial charge in [0.05, 0.1) is 12.1 Å². The summed E-state index contributed by atoms with van der Waals surface area (Å²) in [6.07, 6.45) is -5.91. The highest BCUT2D eigenvalue weighted by Crippen LogP contribution is 2.23. The Labute approximate surface area is 106 Å². The van der Waals surface area contributed by atoms with Gasteiger partial charge in [-0.2, -0.15) is 13.2 Å². The Morgan fingerprint density at radius 2 is 2.05 bits per heavy atom. The third kappa shape index (κ3) is 3.02. The van der Waals surface area contributed by atoms with Crippen LogP contribution in [0.1, 0.15) is 0 Å². The van der Waals surface area contributed by atoms with Gasteiger partial charge in [-0.3, -0.25) is 0 Å². The van der Waals surface area contributed by atoms with Crippen LogP contribution in [0.3, 0.4) is 0 Å². The molecule has 0 spiro atoms. The van der Waals surface area contributed by atoms with E-state index in [0.717, 1.165) is 0 Å². The molecule has 102 valence electrons. The van der Waals surface area contributed by atoms with Gasteiger partial charge in [0.25, 0.3) is 0 Å². The van der Waals surface area contributed by atoms with Crippen LogP contribution in [0.5, 0.6) is 0 Å². The van der Waals surface area contributed by atoms with Gasteiger partial charge in [-0.15, -0.1) is 0 Å². The predicted molar refractivity (Wildman–Crippen MR) is 64.5 cm³/mol. The summed E-state index contributed by atoms with van der Waals surface area (Å²) in [6, 6.07) is 4.78. The molecule has 5 nitrogen and oxygen atoms in total. The molecule has 8 heteroatoms. The lowest BCUT2D eigenvalue weighted by Gasteiger charge is -2.16. The van der Waals surface area contributed by atoms with E-state index in [1.165, 1.54) is 6.33 Å². The first-order valence-corrected chi connectivity index (χ1v) is 5.37. The van der Waals surface area contributed by atoms with Crippen molar-refractivity contribution in [2.24, 2.45) is 0 Å². The van der Waals surface area contributed by atoms with E-state index in [1.54, 1.807) is 18.2 Å². The van der Waals surface area contributed by atoms with Crippen molar-refractivity contribution in [2.75, 3.05) is 17.6 Å². The average molecular weight is 272 g/mol. The molecule has 1 atom stereocenters. The summed E-state index contributed by atoms with van der Waals surface area (Å²) < 4.78 is 36.5. The maximum Gasteiger partial charge on any atom is 0.416 e. The third-order valence-electron chi connectivity index (χ3n) is 2.50. The molecule has 1 aromatic carbocycles. The molecule has 2 rings (SSSR count). The highest BCUT2D eigenvalue weighted by molar-refractivity contribution is 5.90. The molecule has 0 aliphatic carbocycles. The van der Waals surface area contributed by atoms with Gasteiger partial charge >= 0.3 is 6.18 Å². The normalized spacial score (nSPS) is 13.5. The number of nitrogens with two attached hydrogens (primary N) is 1. The van der Waals surface area contributed by atoms with Crippen LogP contribution < -0.4 is 11.1 Å². The van der Waals surface area contributed by atoms with E-state index in [2.05, 4.69) is 15.3 Å². The van der Waals surface area contributed by atoms with E-state index in [4.69, 9.17) is 10.8 Å². The Kier molecular flexibility index (Phi) is 3.43. The first-order chi connectivity index (χ1) is 8.88. The number of fused-ring (bicyclic) bond motifs is 1. The van der Waals surface area contributed by atoms with E-state index in [-0.39, 0.29) is 5.82 Å². The van der Waals surface area contributed by atoms with Gasteiger partial charge in [0.1, 0.15) is 12.1 Å². The second-order valence-corrected chi connectivity index (χ2v) is 3.94. The summed E-state index contributed by atoms with van der Waals surface area (Å²) in [6.45, 7) is -0.681. The molecule has 4 N–H and O–H groups in total. The van der Waals surface area contributed by atoms with Crippen molar-refractivity contribution in [1.82, 2.24) is 9.97 Å². The van der Waals surface area contributed by atoms with Gasteiger partial charge < -0.3 is 16.2 Å². The molecule has 0 aliphatic rings. The third-order valence-corrected chi connectivity index (χ3v) is 2.50. The number of nitrogen functional groups attached to an aromatic ring is 1. The van der Waals surface area contributed by atoms with Crippen LogP contribution in [0.2, 0.25) is 0 Å². The van der Waals surface area contributed by atoms with Crippen molar-refractivity contribution in [3.8, 4) is 0 Å². The molecule has 0 saturated heterocycles. The quantitative estimate of drug-likeness (QED) is 0.738. The molecule has 0 bridgehead atoms. The molecule has 1 heterocycles. The van der Waals surface area contributed by atoms with E-state index in [1.807, 2.05) is 0 Å². The Hall–Kier alpha value is -2.09. The average Bonchev–Trinajstić information content (AvgIpc) is 2.34. The van der Waals surface area contributed by atoms with Crippen LogP contribution in [0.15, 0.2) is 24.5 Å². The lowest BCUT2D eigenvalue weighted by atomic mass is 10.2. The van der Waals surface area contributed by atoms with Crippen molar-refractivity contribution in [3.05, 3.63) is 24.5 Å². The standard InChI is InChI=1S/C11H11F3N4O/c12-11(13,14)9(19)4-16-10-7-2-1-6(15)3-8(7)17-5-18-10/h1-3,5,9,19H,4,15H2,(H,16,17,18). The minimum absolute atomic E-state index is 0.216. The summed E-state index contributed by atoms with van der Waals surface area (Å²) in [5.74, 6) is 0.216. The molecule has 0 saturated carbocycles. The number of aromatic nitrogens is 2. The fourth-order valence-electron chi connectivity index (χ4n) is 1.52. The molecule has 0 radical (unpaired) electrons. The van der Waals surface area contributed by atoms with Crippen LogP contribution in [-0.4, -0.2) is 33.9 Å². The molecule has 0 amide bonds. The minimum Gasteiger partial charge on any atom is -0.399 e. The molecule has 0 fully saturated rings. The molecular formula is C11H11F3N4O. The molecule has 2 aromatic rings. The number of rotatable bonds is 3. The fraction of sp³-hybridized carbons (Fsp3) is 0.273. The van der Waals surface area contributed by atoms with Crippen LogP contribution in [0, 0.1) is 0 Å². The van der Waals surface area contributed by atoms with Crippen molar-refractivity contribution in [1.29, 1.82) is 0 Å². The number of nitrogens with one attached hydrogen (secondary N) is 1. The lowest BCUT2D eigenvalue weighted by molar-refractivity contribution is -0.198. The van der Waals surface area contributed by atoms with Gasteiger partial charge in [-0.25, -0.2) is 9.97 Å². The Bertz CT molecular complexity index is 588. The van der Waals surface area contributed by atoms with Gasteiger partial charge in [0, 0.05) is 11.1 Å². The SMILES string of the molecule is Nc1ccc2c(NCC(O)C(F)(F)F)ncnc2c1. The highest BCUT2D eigenvalue weighted by Gasteiger charge is 2.37. The van der Waals surface area contributed by atoms with E-state index < -0.39 is 18.8 Å². The Morgan fingerprint density at radius 1 is 1.32 bits per heavy atom. The first kappa shape index (κ1) is 13.3. The van der Waals surface area contributed by atoms with Crippen LogP contribution in [-0.2, 0) is 0 Å². The number of halogens is 3. The Balaban J connectivity index is 2.22. The van der Waals surface area contributed by atoms with Crippen molar-refractivity contribution >= 4 is 22.4 Å². The minimum atomic E-state index is -4.67. The topological polar surface area (TPSA) is 84.1 Å². The van der Waals surface area contributed by atoms with Gasteiger partial charge in [-0.1, -0.05) is 0 Å². The second-order valence-electron chi connectivity index (χ2n) is 3.94. The smallest absolute Gasteiger partial charge is 0.399 e. The fourth-order valence-corrected chi connectivity index (χ4v) is 1.52. The zero-order chi connectivity index (χ0) is 14.0. The molecule has 1 unspecified atom stereocenters. The number of aliphatic hydroxyl groups is 1. The van der Waals surface area contributed by atoms with Crippen molar-refractivity contribution < 1.29 is 18.3 Å². The number of aliphatic hydroxyl groups excluding tert-OH is 1. The highest BCUT2D eigenvalue weighted by atomic mass is 19.4. The van der Waals surface area contributed by atoms with Crippen molar-refractivity contribution in [2.45, 2.75) is 12.3 Å². The maximum absolute atomic E-state index is 12.2. The largest absolute Gasteiger partial charge is 0.416 e. The summed E-state index contributed by atoms with van der Waals surface area (Å²) in [4.78, 5) is 7.81. The van der Waals surface area contributed by atoms with Gasteiger partial charge in [0.2, 0.25) is 0 Å². The number of benzene rings is 1. The van der Waals surface area contributed by atoms with Gasteiger partial charge in [-0.05, 0) is 18.2 Å².